The topological polar surface area (TPSA) is 97.5 Å². The molecule has 0 amide bonds. The number of hydrogen-bond acceptors (Lipinski definition) is 7. The van der Waals surface area contributed by atoms with Crippen molar-refractivity contribution in [3.8, 4) is 11.3 Å². The van der Waals surface area contributed by atoms with Gasteiger partial charge in [-0.25, -0.2) is 18.4 Å². The van der Waals surface area contributed by atoms with E-state index >= 15 is 0 Å². The van der Waals surface area contributed by atoms with E-state index in [4.69, 9.17) is 4.42 Å². The summed E-state index contributed by atoms with van der Waals surface area (Å²) in [5, 5.41) is 3.95. The molecule has 25 heavy (non-hydrogen) atoms. The number of hydrogen-bond donors (Lipinski definition) is 1. The minimum absolute atomic E-state index is 0.0224. The minimum Gasteiger partial charge on any atom is -0.455 e. The first-order valence-electron chi connectivity index (χ1n) is 7.66. The molecule has 2 aromatic heterocycles. The Balaban J connectivity index is 1.82. The Hall–Kier alpha value is -2.74. The van der Waals surface area contributed by atoms with Crippen molar-refractivity contribution < 1.29 is 12.8 Å². The molecule has 0 aliphatic rings. The van der Waals surface area contributed by atoms with Crippen LogP contribution >= 0.6 is 0 Å². The highest BCUT2D eigenvalue weighted by molar-refractivity contribution is 7.90. The van der Waals surface area contributed by atoms with Crippen molar-refractivity contribution in [1.82, 2.24) is 9.97 Å². The van der Waals surface area contributed by atoms with Gasteiger partial charge in [0.25, 0.3) is 0 Å². The number of sulfone groups is 1. The molecule has 0 aliphatic carbocycles. The number of nitrogens with one attached hydrogen (secondary N) is 1. The number of rotatable bonds is 6. The highest BCUT2D eigenvalue weighted by Crippen LogP contribution is 2.27. The van der Waals surface area contributed by atoms with E-state index in [-0.39, 0.29) is 12.3 Å². The highest BCUT2D eigenvalue weighted by atomic mass is 32.2. The summed E-state index contributed by atoms with van der Waals surface area (Å²) in [4.78, 5) is 12.5. The third kappa shape index (κ3) is 4.21. The first-order chi connectivity index (χ1) is 12.0. The van der Waals surface area contributed by atoms with Gasteiger partial charge in [-0.15, -0.1) is 0 Å². The number of furan rings is 1. The zero-order chi connectivity index (χ0) is 17.9. The van der Waals surface area contributed by atoms with Crippen LogP contribution in [0.4, 0.5) is 5.82 Å². The Morgan fingerprint density at radius 3 is 2.84 bits per heavy atom. The number of aliphatic imine (C=N–C) groups is 1. The van der Waals surface area contributed by atoms with Crippen molar-refractivity contribution in [2.75, 3.05) is 30.9 Å². The lowest BCUT2D eigenvalue weighted by molar-refractivity contribution is 0.574. The molecular weight excluding hydrogens is 340 g/mol. The third-order valence-corrected chi connectivity index (χ3v) is 4.52. The normalized spacial score (nSPS) is 12.1. The van der Waals surface area contributed by atoms with E-state index in [2.05, 4.69) is 20.3 Å². The van der Waals surface area contributed by atoms with Gasteiger partial charge in [0.2, 0.25) is 0 Å². The molecule has 0 saturated heterocycles. The van der Waals surface area contributed by atoms with Crippen LogP contribution in [0.5, 0.6) is 0 Å². The first-order valence-corrected chi connectivity index (χ1v) is 9.72. The van der Waals surface area contributed by atoms with E-state index in [1.165, 1.54) is 18.8 Å². The number of aromatic nitrogens is 2. The average molecular weight is 358 g/mol. The summed E-state index contributed by atoms with van der Waals surface area (Å²) in [7, 11) is -1.19. The minimum atomic E-state index is -3.01. The van der Waals surface area contributed by atoms with E-state index in [0.29, 0.717) is 11.5 Å². The number of nitrogens with zero attached hydrogens (tertiary/aromatic N) is 3. The molecule has 0 radical (unpaired) electrons. The summed E-state index contributed by atoms with van der Waals surface area (Å²) in [6.07, 6.45) is 4.25. The van der Waals surface area contributed by atoms with Crippen LogP contribution in [0.2, 0.25) is 0 Å². The van der Waals surface area contributed by atoms with Gasteiger partial charge in [-0.3, -0.25) is 4.99 Å². The first kappa shape index (κ1) is 17.1. The van der Waals surface area contributed by atoms with Gasteiger partial charge in [-0.2, -0.15) is 0 Å². The molecule has 0 unspecified atom stereocenters. The van der Waals surface area contributed by atoms with Gasteiger partial charge in [0, 0.05) is 24.3 Å². The molecule has 0 bridgehead atoms. The fourth-order valence-electron chi connectivity index (χ4n) is 2.36. The molecular formula is C17H18N4O3S. The quantitative estimate of drug-likeness (QED) is 0.680. The van der Waals surface area contributed by atoms with Crippen LogP contribution in [0.15, 0.2) is 46.1 Å². The van der Waals surface area contributed by atoms with E-state index < -0.39 is 9.84 Å². The molecule has 8 heteroatoms. The van der Waals surface area contributed by atoms with Crippen LogP contribution < -0.4 is 5.32 Å². The molecule has 0 fully saturated rings. The van der Waals surface area contributed by atoms with Gasteiger partial charge >= 0.3 is 0 Å². The van der Waals surface area contributed by atoms with Crippen LogP contribution in [-0.2, 0) is 9.84 Å². The lowest BCUT2D eigenvalue weighted by atomic mass is 10.1. The van der Waals surface area contributed by atoms with Gasteiger partial charge in [0.15, 0.2) is 0 Å². The van der Waals surface area contributed by atoms with Crippen LogP contribution in [-0.4, -0.2) is 50.2 Å². The van der Waals surface area contributed by atoms with Gasteiger partial charge in [0.05, 0.1) is 24.0 Å². The lowest BCUT2D eigenvalue weighted by Gasteiger charge is -2.05. The molecule has 1 aromatic carbocycles. The summed E-state index contributed by atoms with van der Waals surface area (Å²) in [5.74, 6) is 2.04. The molecule has 130 valence electrons. The maximum absolute atomic E-state index is 11.1. The summed E-state index contributed by atoms with van der Waals surface area (Å²) in [5.41, 5.74) is 1.74. The van der Waals surface area contributed by atoms with Crippen molar-refractivity contribution in [3.05, 3.63) is 42.4 Å². The fraction of sp³-hybridized carbons (Fsp3) is 0.235. The SMILES string of the molecule is CNc1ncnc2ccc(-c3ccc(C=NCCS(C)(=O)=O)o3)cc12. The lowest BCUT2D eigenvalue weighted by Crippen LogP contribution is -2.05. The summed E-state index contributed by atoms with van der Waals surface area (Å²) >= 11 is 0. The number of anilines is 1. The summed E-state index contributed by atoms with van der Waals surface area (Å²) in [6.45, 7) is 0.216. The average Bonchev–Trinajstić information content (AvgIpc) is 3.06. The van der Waals surface area contributed by atoms with E-state index in [9.17, 15) is 8.42 Å². The Morgan fingerprint density at radius 1 is 1.24 bits per heavy atom. The second-order valence-corrected chi connectivity index (χ2v) is 7.83. The molecule has 3 rings (SSSR count). The van der Waals surface area contributed by atoms with Crippen LogP contribution in [0.1, 0.15) is 5.76 Å². The predicted octanol–water partition coefficient (Wildman–Crippen LogP) is 2.40. The second kappa shape index (κ2) is 7.02. The third-order valence-electron chi connectivity index (χ3n) is 3.59. The zero-order valence-electron chi connectivity index (χ0n) is 13.9. The van der Waals surface area contributed by atoms with Crippen LogP contribution in [0.25, 0.3) is 22.2 Å². The highest BCUT2D eigenvalue weighted by Gasteiger charge is 2.08. The van der Waals surface area contributed by atoms with Gasteiger partial charge in [-0.1, -0.05) is 0 Å². The van der Waals surface area contributed by atoms with E-state index in [1.807, 2.05) is 31.3 Å². The Labute approximate surface area is 145 Å². The van der Waals surface area contributed by atoms with Crippen molar-refractivity contribution in [3.63, 3.8) is 0 Å². The second-order valence-electron chi connectivity index (χ2n) is 5.57. The van der Waals surface area contributed by atoms with Crippen molar-refractivity contribution in [2.45, 2.75) is 0 Å². The van der Waals surface area contributed by atoms with Gasteiger partial charge in [-0.05, 0) is 30.3 Å². The molecule has 7 nitrogen and oxygen atoms in total. The Morgan fingerprint density at radius 2 is 2.08 bits per heavy atom. The molecule has 3 aromatic rings. The number of benzene rings is 1. The largest absolute Gasteiger partial charge is 0.455 e. The Bertz CT molecular complexity index is 1030. The maximum Gasteiger partial charge on any atom is 0.149 e. The van der Waals surface area contributed by atoms with Crippen molar-refractivity contribution >= 4 is 32.8 Å². The predicted molar refractivity (Wildman–Crippen MR) is 99.0 cm³/mol. The van der Waals surface area contributed by atoms with Crippen molar-refractivity contribution in [2.24, 2.45) is 4.99 Å². The summed E-state index contributed by atoms with van der Waals surface area (Å²) in [6, 6.07) is 9.45. The monoisotopic (exact) mass is 358 g/mol. The standard InChI is InChI=1S/C17H18N4O3S/c1-18-17-14-9-12(3-5-15(14)20-11-21-17)16-6-4-13(24-16)10-19-7-8-25(2,22)23/h3-6,9-11H,7-8H2,1-2H3,(H,18,20,21). The fourth-order valence-corrected chi connectivity index (χ4v) is 2.80. The number of fused-ring (bicyclic) bond motifs is 1. The maximum atomic E-state index is 11.1. The molecule has 2 heterocycles. The molecule has 0 spiro atoms. The van der Waals surface area contributed by atoms with Crippen LogP contribution in [0, 0.1) is 0 Å². The van der Waals surface area contributed by atoms with Crippen LogP contribution in [0.3, 0.4) is 0 Å². The zero-order valence-corrected chi connectivity index (χ0v) is 14.7. The van der Waals surface area contributed by atoms with Gasteiger partial charge < -0.3 is 9.73 Å². The molecule has 0 saturated carbocycles. The molecule has 0 atom stereocenters. The van der Waals surface area contributed by atoms with Crippen molar-refractivity contribution in [1.29, 1.82) is 0 Å². The van der Waals surface area contributed by atoms with E-state index in [1.54, 1.807) is 6.07 Å². The van der Waals surface area contributed by atoms with E-state index in [0.717, 1.165) is 22.3 Å². The molecule has 0 aliphatic heterocycles. The Kier molecular flexibility index (Phi) is 4.80. The summed E-state index contributed by atoms with van der Waals surface area (Å²) < 4.78 is 27.9. The van der Waals surface area contributed by atoms with Gasteiger partial charge in [0.1, 0.15) is 33.5 Å². The smallest absolute Gasteiger partial charge is 0.149 e. The molecule has 1 N–H and O–H groups in total.